The Hall–Kier alpha value is -0.420. The second kappa shape index (κ2) is 5.92. The molecule has 2 N–H and O–H groups in total. The molecule has 19 heavy (non-hydrogen) atoms. The second-order valence-electron chi connectivity index (χ2n) is 4.77. The summed E-state index contributed by atoms with van der Waals surface area (Å²) in [5.41, 5.74) is 0.765. The van der Waals surface area contributed by atoms with E-state index in [0.29, 0.717) is 22.4 Å². The van der Waals surface area contributed by atoms with E-state index in [-0.39, 0.29) is 5.92 Å². The van der Waals surface area contributed by atoms with Crippen molar-refractivity contribution in [2.75, 3.05) is 11.5 Å². The number of nitrogens with zero attached hydrogens (tertiary/aromatic N) is 2. The van der Waals surface area contributed by atoms with Crippen LogP contribution in [0.1, 0.15) is 45.1 Å². The minimum Gasteiger partial charge on any atom is -0.317 e. The lowest BCUT2D eigenvalue weighted by molar-refractivity contribution is 0.395. The largest absolute Gasteiger partial charge is 0.372 e. The highest BCUT2D eigenvalue weighted by atomic mass is 32.8. The molecule has 0 atom stereocenters. The monoisotopic (exact) mass is 306 g/mol. The molecule has 0 aliphatic carbocycles. The summed E-state index contributed by atoms with van der Waals surface area (Å²) in [5.74, 6) is 1.66. The van der Waals surface area contributed by atoms with E-state index in [0.717, 1.165) is 5.69 Å². The van der Waals surface area contributed by atoms with Crippen LogP contribution in [-0.2, 0) is 4.57 Å². The molecule has 1 heterocycles. The molecule has 7 heteroatoms. The van der Waals surface area contributed by atoms with E-state index in [4.69, 9.17) is 0 Å². The van der Waals surface area contributed by atoms with Gasteiger partial charge in [0.2, 0.25) is 0 Å². The normalized spacial score (nSPS) is 13.9. The molecule has 0 aromatic carbocycles. The Morgan fingerprint density at radius 1 is 1.26 bits per heavy atom. The van der Waals surface area contributed by atoms with Crippen LogP contribution in [0, 0.1) is 6.92 Å². The summed E-state index contributed by atoms with van der Waals surface area (Å²) in [4.78, 5) is 28.4. The van der Waals surface area contributed by atoms with E-state index in [9.17, 15) is 14.4 Å². The summed E-state index contributed by atoms with van der Waals surface area (Å²) in [5, 5.41) is 0.544. The molecular formula is C12H23N2O3PS. The topological polar surface area (TPSA) is 83.3 Å². The van der Waals surface area contributed by atoms with Crippen molar-refractivity contribution in [3.8, 4) is 0 Å². The van der Waals surface area contributed by atoms with Crippen molar-refractivity contribution >= 4 is 16.4 Å². The van der Waals surface area contributed by atoms with Crippen molar-refractivity contribution in [3.63, 3.8) is 0 Å². The molecule has 0 bridgehead atoms. The molecule has 1 aromatic heterocycles. The lowest BCUT2D eigenvalue weighted by Gasteiger charge is -2.37. The second-order valence-corrected chi connectivity index (χ2v) is 12.5. The summed E-state index contributed by atoms with van der Waals surface area (Å²) >= 11 is 0. The highest BCUT2D eigenvalue weighted by Gasteiger charge is 2.41. The molecule has 1 aromatic rings. The first-order chi connectivity index (χ1) is 8.67. The third-order valence-corrected chi connectivity index (χ3v) is 11.8. The molecule has 0 amide bonds. The van der Waals surface area contributed by atoms with Gasteiger partial charge in [-0.2, -0.15) is 0 Å². The number of aromatic nitrogens is 2. The van der Waals surface area contributed by atoms with Gasteiger partial charge in [-0.05, 0) is 24.5 Å². The van der Waals surface area contributed by atoms with Gasteiger partial charge in [-0.3, -0.25) is 0 Å². The van der Waals surface area contributed by atoms with Crippen molar-refractivity contribution in [1.82, 2.24) is 9.97 Å². The maximum absolute atomic E-state index is 12.0. The molecule has 0 spiro atoms. The Morgan fingerprint density at radius 2 is 1.79 bits per heavy atom. The number of hydrogen-bond donors (Lipinski definition) is 2. The van der Waals surface area contributed by atoms with Gasteiger partial charge in [0.1, 0.15) is 5.82 Å². The van der Waals surface area contributed by atoms with Gasteiger partial charge in [0.05, 0.1) is 5.03 Å². The van der Waals surface area contributed by atoms with Gasteiger partial charge in [-0.25, -0.2) is 14.5 Å². The Balaban J connectivity index is 3.52. The molecule has 0 saturated carbocycles. The first-order valence-electron chi connectivity index (χ1n) is 6.38. The lowest BCUT2D eigenvalue weighted by atomic mass is 10.2. The molecule has 0 unspecified atom stereocenters. The number of aryl methyl sites for hydroxylation is 1. The van der Waals surface area contributed by atoms with Crippen LogP contribution in [0.25, 0.3) is 0 Å². The first-order valence-corrected chi connectivity index (χ1v) is 10.6. The quantitative estimate of drug-likeness (QED) is 0.644. The minimum absolute atomic E-state index is 0.140. The van der Waals surface area contributed by atoms with E-state index in [2.05, 4.69) is 9.97 Å². The van der Waals surface area contributed by atoms with E-state index in [1.807, 2.05) is 34.6 Å². The fraction of sp³-hybridized carbons (Fsp3) is 0.667. The van der Waals surface area contributed by atoms with Crippen molar-refractivity contribution < 1.29 is 14.4 Å². The SMILES string of the molecule is CCS(CC)(c1cc(C)nc(C(C)C)n1)P(=O)(O)O. The van der Waals surface area contributed by atoms with E-state index >= 15 is 0 Å². The van der Waals surface area contributed by atoms with Gasteiger partial charge in [-0.1, -0.05) is 37.3 Å². The summed E-state index contributed by atoms with van der Waals surface area (Å²) in [7, 11) is -2.23. The maximum atomic E-state index is 12.0. The van der Waals surface area contributed by atoms with Gasteiger partial charge in [-0.15, -0.1) is 0 Å². The van der Waals surface area contributed by atoms with Crippen LogP contribution in [0.4, 0.5) is 0 Å². The van der Waals surface area contributed by atoms with Crippen molar-refractivity contribution in [3.05, 3.63) is 17.6 Å². The average Bonchev–Trinajstić information content (AvgIpc) is 2.28. The molecule has 0 aliphatic heterocycles. The summed E-state index contributed by atoms with van der Waals surface area (Å²) < 4.78 is 12.0. The summed E-state index contributed by atoms with van der Waals surface area (Å²) in [6.07, 6.45) is 0. The van der Waals surface area contributed by atoms with Crippen LogP contribution in [-0.4, -0.2) is 31.3 Å². The van der Waals surface area contributed by atoms with E-state index in [1.54, 1.807) is 6.07 Å². The Labute approximate surface area is 116 Å². The van der Waals surface area contributed by atoms with Crippen molar-refractivity contribution in [1.29, 1.82) is 0 Å². The standard InChI is InChI=1S/C12H23N2O3PS/c1-6-19(7-2,18(15,16)17)11-8-10(5)13-12(14-11)9(3)4/h8-9H,6-7H2,1-5H3,(H2,15,16,17). The minimum atomic E-state index is -4.21. The summed E-state index contributed by atoms with van der Waals surface area (Å²) in [6, 6.07) is 1.73. The zero-order valence-electron chi connectivity index (χ0n) is 12.1. The third kappa shape index (κ3) is 3.19. The van der Waals surface area contributed by atoms with Crippen LogP contribution in [0.3, 0.4) is 0 Å². The van der Waals surface area contributed by atoms with Gasteiger partial charge >= 0.3 is 6.80 Å². The summed E-state index contributed by atoms with van der Waals surface area (Å²) in [6.45, 7) is 5.24. The van der Waals surface area contributed by atoms with E-state index in [1.165, 1.54) is 0 Å². The van der Waals surface area contributed by atoms with Crippen LogP contribution in [0.5, 0.6) is 0 Å². The molecular weight excluding hydrogens is 283 g/mol. The molecule has 5 nitrogen and oxygen atoms in total. The predicted molar refractivity (Wildman–Crippen MR) is 79.8 cm³/mol. The molecule has 1 rings (SSSR count). The zero-order chi connectivity index (χ0) is 14.8. The highest BCUT2D eigenvalue weighted by molar-refractivity contribution is 8.76. The zero-order valence-corrected chi connectivity index (χ0v) is 13.8. The average molecular weight is 306 g/mol. The van der Waals surface area contributed by atoms with Crippen molar-refractivity contribution in [2.45, 2.75) is 45.6 Å². The van der Waals surface area contributed by atoms with Gasteiger partial charge in [0, 0.05) is 11.6 Å². The molecule has 0 aliphatic rings. The predicted octanol–water partition coefficient (Wildman–Crippen LogP) is 3.20. The smallest absolute Gasteiger partial charge is 0.317 e. The van der Waals surface area contributed by atoms with Gasteiger partial charge < -0.3 is 9.79 Å². The first kappa shape index (κ1) is 16.6. The third-order valence-electron chi connectivity index (χ3n) is 3.16. The molecule has 0 saturated heterocycles. The molecule has 0 fully saturated rings. The van der Waals surface area contributed by atoms with Crippen LogP contribution >= 0.6 is 16.4 Å². The Morgan fingerprint density at radius 3 is 2.16 bits per heavy atom. The van der Waals surface area contributed by atoms with Crippen LogP contribution in [0.2, 0.25) is 0 Å². The van der Waals surface area contributed by atoms with E-state index < -0.39 is 16.4 Å². The molecule has 0 radical (unpaired) electrons. The Bertz CT molecular complexity index is 498. The Kier molecular flexibility index (Phi) is 5.18. The van der Waals surface area contributed by atoms with Crippen molar-refractivity contribution in [2.24, 2.45) is 0 Å². The van der Waals surface area contributed by atoms with Gasteiger partial charge in [0.25, 0.3) is 0 Å². The number of rotatable bonds is 5. The number of hydrogen-bond acceptors (Lipinski definition) is 3. The fourth-order valence-electron chi connectivity index (χ4n) is 1.97. The van der Waals surface area contributed by atoms with Crippen LogP contribution in [0.15, 0.2) is 11.1 Å². The fourth-order valence-corrected chi connectivity index (χ4v) is 7.57. The van der Waals surface area contributed by atoms with Gasteiger partial charge in [0.15, 0.2) is 0 Å². The maximum Gasteiger partial charge on any atom is 0.372 e. The highest BCUT2D eigenvalue weighted by Crippen LogP contribution is 2.80. The lowest BCUT2D eigenvalue weighted by Crippen LogP contribution is -2.12. The molecule has 110 valence electrons. The van der Waals surface area contributed by atoms with Crippen LogP contribution < -0.4 is 0 Å².